The van der Waals surface area contributed by atoms with Crippen molar-refractivity contribution >= 4 is 27.3 Å². The molecule has 0 aromatic heterocycles. The Morgan fingerprint density at radius 3 is 2.40 bits per heavy atom. The van der Waals surface area contributed by atoms with Crippen LogP contribution in [0.1, 0.15) is 29.5 Å². The van der Waals surface area contributed by atoms with E-state index in [9.17, 15) is 23.3 Å². The van der Waals surface area contributed by atoms with Crippen molar-refractivity contribution in [3.05, 3.63) is 63.2 Å². The van der Waals surface area contributed by atoms with E-state index in [2.05, 4.69) is 5.32 Å². The Morgan fingerprint density at radius 2 is 1.80 bits per heavy atom. The fourth-order valence-electron chi connectivity index (χ4n) is 3.78. The van der Waals surface area contributed by atoms with Gasteiger partial charge in [0, 0.05) is 25.1 Å². The predicted octanol–water partition coefficient (Wildman–Crippen LogP) is 3.56. The molecule has 8 nitrogen and oxygen atoms in total. The maximum absolute atomic E-state index is 13.0. The summed E-state index contributed by atoms with van der Waals surface area (Å²) in [6, 6.07) is 9.79. The Hall–Kier alpha value is -2.78. The molecule has 0 atom stereocenters. The van der Waals surface area contributed by atoms with Crippen molar-refractivity contribution in [1.29, 1.82) is 0 Å². The molecule has 1 heterocycles. The monoisotopic (exact) mass is 431 g/mol. The highest BCUT2D eigenvalue weighted by atomic mass is 32.2. The number of aryl methyl sites for hydroxylation is 2. The number of hydrogen-bond acceptors (Lipinski definition) is 5. The molecule has 2 aromatic rings. The maximum Gasteiger partial charge on any atom is 0.274 e. The Kier molecular flexibility index (Phi) is 6.23. The Bertz CT molecular complexity index is 1090. The lowest BCUT2D eigenvalue weighted by Gasteiger charge is -2.31. The van der Waals surface area contributed by atoms with Crippen LogP contribution in [0, 0.1) is 36.8 Å². The average Bonchev–Trinajstić information content (AvgIpc) is 2.69. The van der Waals surface area contributed by atoms with Gasteiger partial charge in [-0.2, -0.15) is 4.31 Å². The topological polar surface area (TPSA) is 110 Å². The van der Waals surface area contributed by atoms with Crippen LogP contribution in [0.5, 0.6) is 0 Å². The van der Waals surface area contributed by atoms with Crippen LogP contribution in [0.15, 0.2) is 41.3 Å². The minimum absolute atomic E-state index is 0.0535. The van der Waals surface area contributed by atoms with Crippen LogP contribution in [-0.4, -0.2) is 36.6 Å². The van der Waals surface area contributed by atoms with Crippen molar-refractivity contribution in [2.75, 3.05) is 18.4 Å². The molecule has 1 fully saturated rings. The lowest BCUT2D eigenvalue weighted by molar-refractivity contribution is -0.385. The van der Waals surface area contributed by atoms with Crippen molar-refractivity contribution in [3.8, 4) is 0 Å². The van der Waals surface area contributed by atoms with E-state index in [1.165, 1.54) is 16.4 Å². The molecule has 1 aliphatic rings. The summed E-state index contributed by atoms with van der Waals surface area (Å²) >= 11 is 0. The summed E-state index contributed by atoms with van der Waals surface area (Å²) in [6.45, 7) is 5.79. The maximum atomic E-state index is 13.0. The number of piperidine rings is 1. The van der Waals surface area contributed by atoms with Crippen molar-refractivity contribution in [2.45, 2.75) is 38.5 Å². The van der Waals surface area contributed by atoms with Crippen molar-refractivity contribution in [1.82, 2.24) is 4.31 Å². The third-order valence-corrected chi connectivity index (χ3v) is 7.59. The summed E-state index contributed by atoms with van der Waals surface area (Å²) in [4.78, 5) is 23.6. The smallest absolute Gasteiger partial charge is 0.274 e. The highest BCUT2D eigenvalue weighted by Gasteiger charge is 2.33. The van der Waals surface area contributed by atoms with E-state index in [0.29, 0.717) is 34.6 Å². The van der Waals surface area contributed by atoms with Gasteiger partial charge < -0.3 is 5.32 Å². The number of sulfonamides is 1. The van der Waals surface area contributed by atoms with Gasteiger partial charge >= 0.3 is 0 Å². The molecule has 3 rings (SSSR count). The number of nitro benzene ring substituents is 1. The number of anilines is 1. The van der Waals surface area contributed by atoms with Gasteiger partial charge in [-0.25, -0.2) is 8.42 Å². The fraction of sp³-hybridized carbons (Fsp3) is 0.381. The van der Waals surface area contributed by atoms with Crippen LogP contribution in [0.25, 0.3) is 0 Å². The first-order valence-electron chi connectivity index (χ1n) is 9.73. The van der Waals surface area contributed by atoms with Crippen LogP contribution >= 0.6 is 0 Å². The number of benzene rings is 2. The van der Waals surface area contributed by atoms with Crippen LogP contribution in [-0.2, 0) is 14.8 Å². The molecule has 0 spiro atoms. The molecule has 1 aliphatic heterocycles. The van der Waals surface area contributed by atoms with Gasteiger partial charge in [0.15, 0.2) is 0 Å². The van der Waals surface area contributed by atoms with Crippen molar-refractivity contribution in [3.63, 3.8) is 0 Å². The second-order valence-electron chi connectivity index (χ2n) is 7.64. The Labute approximate surface area is 176 Å². The van der Waals surface area contributed by atoms with E-state index >= 15 is 0 Å². The SMILES string of the molecule is Cc1ccc(S(=O)(=O)N2CCC(C(=O)Nc3cccc([N+](=O)[O-])c3C)CC2)c(C)c1. The summed E-state index contributed by atoms with van der Waals surface area (Å²) in [5.41, 5.74) is 2.45. The first-order chi connectivity index (χ1) is 14.1. The number of carbonyl (C=O) groups excluding carboxylic acids is 1. The zero-order valence-corrected chi connectivity index (χ0v) is 18.0. The summed E-state index contributed by atoms with van der Waals surface area (Å²) < 4.78 is 27.4. The highest BCUT2D eigenvalue weighted by Crippen LogP contribution is 2.29. The van der Waals surface area contributed by atoms with Crippen LogP contribution in [0.3, 0.4) is 0 Å². The zero-order valence-electron chi connectivity index (χ0n) is 17.2. The van der Waals surface area contributed by atoms with Gasteiger partial charge in [-0.05, 0) is 51.3 Å². The van der Waals surface area contributed by atoms with Gasteiger partial charge in [-0.15, -0.1) is 0 Å². The highest BCUT2D eigenvalue weighted by molar-refractivity contribution is 7.89. The fourth-order valence-corrected chi connectivity index (χ4v) is 5.45. The number of rotatable bonds is 5. The van der Waals surface area contributed by atoms with E-state index in [4.69, 9.17) is 0 Å². The molecule has 9 heteroatoms. The second-order valence-corrected chi connectivity index (χ2v) is 9.55. The van der Waals surface area contributed by atoms with E-state index in [1.807, 2.05) is 13.0 Å². The zero-order chi connectivity index (χ0) is 22.1. The molecule has 30 heavy (non-hydrogen) atoms. The van der Waals surface area contributed by atoms with Gasteiger partial charge in [-0.3, -0.25) is 14.9 Å². The molecule has 0 bridgehead atoms. The first-order valence-corrected chi connectivity index (χ1v) is 11.2. The van der Waals surface area contributed by atoms with Gasteiger partial charge in [0.2, 0.25) is 15.9 Å². The Morgan fingerprint density at radius 1 is 1.13 bits per heavy atom. The molecular formula is C21H25N3O5S. The van der Waals surface area contributed by atoms with Gasteiger partial charge in [0.1, 0.15) is 0 Å². The normalized spacial score (nSPS) is 15.7. The minimum Gasteiger partial charge on any atom is -0.325 e. The van der Waals surface area contributed by atoms with E-state index in [0.717, 1.165) is 5.56 Å². The van der Waals surface area contributed by atoms with Crippen LogP contribution in [0.2, 0.25) is 0 Å². The molecule has 0 unspecified atom stereocenters. The Balaban J connectivity index is 1.67. The molecule has 160 valence electrons. The summed E-state index contributed by atoms with van der Waals surface area (Å²) in [7, 11) is -3.61. The van der Waals surface area contributed by atoms with E-state index < -0.39 is 14.9 Å². The molecule has 0 radical (unpaired) electrons. The van der Waals surface area contributed by atoms with E-state index in [-0.39, 0.29) is 30.6 Å². The van der Waals surface area contributed by atoms with E-state index in [1.54, 1.807) is 32.0 Å². The molecule has 2 aromatic carbocycles. The number of carbonyl (C=O) groups is 1. The van der Waals surface area contributed by atoms with Crippen molar-refractivity contribution < 1.29 is 18.1 Å². The van der Waals surface area contributed by atoms with Crippen LogP contribution < -0.4 is 5.32 Å². The summed E-state index contributed by atoms with van der Waals surface area (Å²) in [5, 5.41) is 13.8. The number of nitrogens with one attached hydrogen (secondary N) is 1. The quantitative estimate of drug-likeness (QED) is 0.575. The molecule has 1 saturated heterocycles. The summed E-state index contributed by atoms with van der Waals surface area (Å²) in [6.07, 6.45) is 0.786. The minimum atomic E-state index is -3.61. The van der Waals surface area contributed by atoms with Gasteiger partial charge in [-0.1, -0.05) is 23.8 Å². The average molecular weight is 432 g/mol. The summed E-state index contributed by atoms with van der Waals surface area (Å²) in [5.74, 6) is -0.601. The second kappa shape index (κ2) is 8.53. The lowest BCUT2D eigenvalue weighted by atomic mass is 9.97. The number of amides is 1. The number of hydrogen-bond donors (Lipinski definition) is 1. The molecule has 0 saturated carbocycles. The first kappa shape index (κ1) is 21.9. The van der Waals surface area contributed by atoms with Gasteiger partial charge in [0.05, 0.1) is 21.1 Å². The predicted molar refractivity (Wildman–Crippen MR) is 114 cm³/mol. The number of nitrogens with zero attached hydrogens (tertiary/aromatic N) is 2. The van der Waals surface area contributed by atoms with Gasteiger partial charge in [0.25, 0.3) is 5.69 Å². The largest absolute Gasteiger partial charge is 0.325 e. The molecule has 0 aliphatic carbocycles. The van der Waals surface area contributed by atoms with Crippen LogP contribution in [0.4, 0.5) is 11.4 Å². The lowest BCUT2D eigenvalue weighted by Crippen LogP contribution is -2.41. The molecular weight excluding hydrogens is 406 g/mol. The molecule has 1 amide bonds. The third-order valence-electron chi connectivity index (χ3n) is 5.53. The molecule has 1 N–H and O–H groups in total. The standard InChI is InChI=1S/C21H25N3O5S/c1-14-7-8-20(15(2)13-14)30(28,29)23-11-9-17(10-12-23)21(25)22-18-5-4-6-19(16(18)3)24(26)27/h4-8,13,17H,9-12H2,1-3H3,(H,22,25). The third kappa shape index (κ3) is 4.36. The number of nitro groups is 1. The van der Waals surface area contributed by atoms with Crippen molar-refractivity contribution in [2.24, 2.45) is 5.92 Å².